The van der Waals surface area contributed by atoms with Crippen molar-refractivity contribution in [2.75, 3.05) is 26.0 Å². The molecule has 0 bridgehead atoms. The molecule has 1 aromatic rings. The van der Waals surface area contributed by atoms with Crippen molar-refractivity contribution in [1.82, 2.24) is 5.32 Å². The molecule has 1 aliphatic rings. The summed E-state index contributed by atoms with van der Waals surface area (Å²) >= 11 is 5.42. The minimum atomic E-state index is 0.537. The zero-order valence-corrected chi connectivity index (χ0v) is 12.4. The molecule has 0 spiro atoms. The molecule has 0 atom stereocenters. The molecule has 0 amide bonds. The maximum Gasteiger partial charge on any atom is 0.120 e. The van der Waals surface area contributed by atoms with Gasteiger partial charge in [-0.05, 0) is 37.3 Å². The van der Waals surface area contributed by atoms with E-state index in [0.717, 1.165) is 29.9 Å². The standard InChI is InChI=1S/C13H18BrNOS/c1-17-13(5-6-13)10-15-7-8-16-12-4-2-3-11(14)9-12/h2-4,9,15H,5-8,10H2,1H3. The molecular formula is C13H18BrNOS. The minimum Gasteiger partial charge on any atom is -0.492 e. The SMILES string of the molecule is CSC1(CNCCOc2cccc(Br)c2)CC1. The molecule has 4 heteroatoms. The fraction of sp³-hybridized carbons (Fsp3) is 0.538. The van der Waals surface area contributed by atoms with E-state index in [2.05, 4.69) is 27.5 Å². The molecule has 0 aliphatic heterocycles. The second kappa shape index (κ2) is 6.12. The van der Waals surface area contributed by atoms with Crippen LogP contribution in [-0.4, -0.2) is 30.7 Å². The zero-order valence-electron chi connectivity index (χ0n) is 10.0. The maximum atomic E-state index is 5.66. The fourth-order valence-electron chi connectivity index (χ4n) is 1.71. The van der Waals surface area contributed by atoms with Crippen LogP contribution in [0.15, 0.2) is 28.7 Å². The number of rotatable bonds is 7. The van der Waals surface area contributed by atoms with Crippen molar-refractivity contribution >= 4 is 27.7 Å². The van der Waals surface area contributed by atoms with Gasteiger partial charge in [-0.25, -0.2) is 0 Å². The summed E-state index contributed by atoms with van der Waals surface area (Å²) in [5.41, 5.74) is 0. The van der Waals surface area contributed by atoms with Crippen LogP contribution in [0.25, 0.3) is 0 Å². The van der Waals surface area contributed by atoms with Crippen molar-refractivity contribution in [3.8, 4) is 5.75 Å². The number of hydrogen-bond donors (Lipinski definition) is 1. The molecule has 1 saturated carbocycles. The number of hydrogen-bond acceptors (Lipinski definition) is 3. The van der Waals surface area contributed by atoms with E-state index in [1.807, 2.05) is 36.0 Å². The fourth-order valence-corrected chi connectivity index (χ4v) is 2.84. The van der Waals surface area contributed by atoms with Gasteiger partial charge in [0.25, 0.3) is 0 Å². The first-order valence-electron chi connectivity index (χ1n) is 5.88. The van der Waals surface area contributed by atoms with Gasteiger partial charge in [0, 0.05) is 22.3 Å². The lowest BCUT2D eigenvalue weighted by Gasteiger charge is -2.13. The molecule has 94 valence electrons. The molecule has 1 N–H and O–H groups in total. The summed E-state index contributed by atoms with van der Waals surface area (Å²) in [7, 11) is 0. The highest BCUT2D eigenvalue weighted by Gasteiger charge is 2.41. The third kappa shape index (κ3) is 4.19. The van der Waals surface area contributed by atoms with Gasteiger partial charge in [-0.15, -0.1) is 0 Å². The lowest BCUT2D eigenvalue weighted by molar-refractivity contribution is 0.314. The van der Waals surface area contributed by atoms with Gasteiger partial charge in [0.2, 0.25) is 0 Å². The molecule has 17 heavy (non-hydrogen) atoms. The van der Waals surface area contributed by atoms with Crippen molar-refractivity contribution in [1.29, 1.82) is 0 Å². The number of nitrogens with one attached hydrogen (secondary N) is 1. The Bertz CT molecular complexity index is 368. The first kappa shape index (κ1) is 13.2. The van der Waals surface area contributed by atoms with Gasteiger partial charge in [0.1, 0.15) is 12.4 Å². The maximum absolute atomic E-state index is 5.66. The van der Waals surface area contributed by atoms with Gasteiger partial charge in [-0.3, -0.25) is 0 Å². The van der Waals surface area contributed by atoms with Crippen LogP contribution in [0, 0.1) is 0 Å². The Labute approximate surface area is 116 Å². The summed E-state index contributed by atoms with van der Waals surface area (Å²) in [5.74, 6) is 0.923. The Hall–Kier alpha value is -0.190. The van der Waals surface area contributed by atoms with E-state index >= 15 is 0 Å². The van der Waals surface area contributed by atoms with Crippen molar-refractivity contribution < 1.29 is 4.74 Å². The number of halogens is 1. The Morgan fingerprint density at radius 3 is 2.94 bits per heavy atom. The van der Waals surface area contributed by atoms with E-state index in [9.17, 15) is 0 Å². The van der Waals surface area contributed by atoms with E-state index in [1.165, 1.54) is 12.8 Å². The van der Waals surface area contributed by atoms with Crippen LogP contribution in [-0.2, 0) is 0 Å². The Balaban J connectivity index is 1.60. The van der Waals surface area contributed by atoms with E-state index in [4.69, 9.17) is 4.74 Å². The van der Waals surface area contributed by atoms with Crippen molar-refractivity contribution in [3.63, 3.8) is 0 Å². The first-order valence-corrected chi connectivity index (χ1v) is 7.90. The largest absolute Gasteiger partial charge is 0.492 e. The van der Waals surface area contributed by atoms with E-state index in [-0.39, 0.29) is 0 Å². The van der Waals surface area contributed by atoms with E-state index in [0.29, 0.717) is 4.75 Å². The molecule has 0 radical (unpaired) electrons. The average Bonchev–Trinajstić information content (AvgIpc) is 3.09. The summed E-state index contributed by atoms with van der Waals surface area (Å²) in [6.45, 7) is 2.74. The molecule has 1 aromatic carbocycles. The lowest BCUT2D eigenvalue weighted by Crippen LogP contribution is -2.29. The number of ether oxygens (including phenoxy) is 1. The number of benzene rings is 1. The molecule has 2 nitrogen and oxygen atoms in total. The second-order valence-corrected chi connectivity index (χ2v) is 6.56. The third-order valence-corrected chi connectivity index (χ3v) is 4.94. The summed E-state index contributed by atoms with van der Waals surface area (Å²) in [6, 6.07) is 7.96. The van der Waals surface area contributed by atoms with Gasteiger partial charge >= 0.3 is 0 Å². The highest BCUT2D eigenvalue weighted by Crippen LogP contribution is 2.46. The van der Waals surface area contributed by atoms with Gasteiger partial charge in [0.05, 0.1) is 0 Å². The van der Waals surface area contributed by atoms with Gasteiger partial charge < -0.3 is 10.1 Å². The molecule has 0 saturated heterocycles. The molecule has 0 unspecified atom stereocenters. The molecule has 0 heterocycles. The predicted octanol–water partition coefficient (Wildman–Crippen LogP) is 3.31. The van der Waals surface area contributed by atoms with Crippen LogP contribution < -0.4 is 10.1 Å². The Morgan fingerprint density at radius 1 is 1.47 bits per heavy atom. The molecule has 0 aromatic heterocycles. The summed E-state index contributed by atoms with van der Waals surface area (Å²) in [5, 5.41) is 3.47. The highest BCUT2D eigenvalue weighted by molar-refractivity contribution is 9.10. The van der Waals surface area contributed by atoms with Crippen molar-refractivity contribution in [3.05, 3.63) is 28.7 Å². The van der Waals surface area contributed by atoms with Crippen molar-refractivity contribution in [2.24, 2.45) is 0 Å². The van der Waals surface area contributed by atoms with Gasteiger partial charge in [-0.1, -0.05) is 22.0 Å². The van der Waals surface area contributed by atoms with Crippen LogP contribution in [0.1, 0.15) is 12.8 Å². The van der Waals surface area contributed by atoms with Gasteiger partial charge in [0.15, 0.2) is 0 Å². The smallest absolute Gasteiger partial charge is 0.120 e. The third-order valence-electron chi connectivity index (χ3n) is 3.03. The lowest BCUT2D eigenvalue weighted by atomic mass is 10.3. The summed E-state index contributed by atoms with van der Waals surface area (Å²) < 4.78 is 7.25. The van der Waals surface area contributed by atoms with Gasteiger partial charge in [-0.2, -0.15) is 11.8 Å². The normalized spacial score (nSPS) is 16.8. The molecular weight excluding hydrogens is 298 g/mol. The van der Waals surface area contributed by atoms with Crippen LogP contribution in [0.5, 0.6) is 5.75 Å². The number of thioether (sulfide) groups is 1. The summed E-state index contributed by atoms with van der Waals surface area (Å²) in [4.78, 5) is 0. The molecule has 1 fully saturated rings. The predicted molar refractivity (Wildman–Crippen MR) is 78.0 cm³/mol. The monoisotopic (exact) mass is 315 g/mol. The van der Waals surface area contributed by atoms with E-state index < -0.39 is 0 Å². The zero-order chi connectivity index (χ0) is 12.1. The first-order chi connectivity index (χ1) is 8.24. The Morgan fingerprint density at radius 2 is 2.29 bits per heavy atom. The molecule has 1 aliphatic carbocycles. The topological polar surface area (TPSA) is 21.3 Å². The second-order valence-electron chi connectivity index (χ2n) is 4.37. The van der Waals surface area contributed by atoms with Crippen LogP contribution in [0.2, 0.25) is 0 Å². The molecule has 2 rings (SSSR count). The average molecular weight is 316 g/mol. The van der Waals surface area contributed by atoms with Crippen LogP contribution >= 0.6 is 27.7 Å². The Kier molecular flexibility index (Phi) is 4.77. The quantitative estimate of drug-likeness (QED) is 0.780. The minimum absolute atomic E-state index is 0.537. The van der Waals surface area contributed by atoms with Crippen LogP contribution in [0.3, 0.4) is 0 Å². The van der Waals surface area contributed by atoms with Crippen molar-refractivity contribution in [2.45, 2.75) is 17.6 Å². The van der Waals surface area contributed by atoms with Crippen LogP contribution in [0.4, 0.5) is 0 Å². The van der Waals surface area contributed by atoms with E-state index in [1.54, 1.807) is 0 Å². The summed E-state index contributed by atoms with van der Waals surface area (Å²) in [6.07, 6.45) is 4.91. The highest BCUT2D eigenvalue weighted by atomic mass is 79.9.